The molecule has 0 spiro atoms. The summed E-state index contributed by atoms with van der Waals surface area (Å²) < 4.78 is 0. The number of hydrogen-bond acceptors (Lipinski definition) is 3. The van der Waals surface area contributed by atoms with Crippen LogP contribution in [-0.2, 0) is 0 Å². The minimum absolute atomic E-state index is 0.0698. The number of carboxylic acid groups (broad SMARTS) is 1. The van der Waals surface area contributed by atoms with E-state index in [1.54, 1.807) is 6.07 Å². The number of aromatic carboxylic acids is 1. The average molecular weight is 287 g/mol. The SMILES string of the molecule is O=C(O)c1cccc2c1C(=O)c1c(Cl)cccc1C2=O. The lowest BCUT2D eigenvalue weighted by Crippen LogP contribution is -2.24. The van der Waals surface area contributed by atoms with Crippen LogP contribution in [0.2, 0.25) is 5.02 Å². The van der Waals surface area contributed by atoms with Crippen molar-refractivity contribution in [3.05, 3.63) is 69.2 Å². The summed E-state index contributed by atoms with van der Waals surface area (Å²) in [6.45, 7) is 0. The van der Waals surface area contributed by atoms with E-state index < -0.39 is 11.8 Å². The van der Waals surface area contributed by atoms with E-state index in [9.17, 15) is 14.4 Å². The van der Waals surface area contributed by atoms with Crippen LogP contribution in [0.3, 0.4) is 0 Å². The van der Waals surface area contributed by atoms with E-state index in [0.717, 1.165) is 0 Å². The number of fused-ring (bicyclic) bond motifs is 2. The molecule has 2 aromatic carbocycles. The van der Waals surface area contributed by atoms with Crippen LogP contribution in [0.15, 0.2) is 36.4 Å². The fraction of sp³-hybridized carbons (Fsp3) is 0. The summed E-state index contributed by atoms with van der Waals surface area (Å²) in [5.74, 6) is -2.17. The number of carbonyl (C=O) groups excluding carboxylic acids is 2. The molecule has 0 saturated carbocycles. The molecule has 0 saturated heterocycles. The summed E-state index contributed by atoms with van der Waals surface area (Å²) in [5.41, 5.74) is 0.0968. The Balaban J connectivity index is 2.39. The van der Waals surface area contributed by atoms with Crippen molar-refractivity contribution in [2.45, 2.75) is 0 Å². The molecule has 1 N–H and O–H groups in total. The molecule has 0 radical (unpaired) electrons. The lowest BCUT2D eigenvalue weighted by Gasteiger charge is -2.19. The second kappa shape index (κ2) is 4.28. The third kappa shape index (κ3) is 1.58. The van der Waals surface area contributed by atoms with Gasteiger partial charge in [-0.15, -0.1) is 0 Å². The molecule has 3 rings (SSSR count). The molecular weight excluding hydrogens is 280 g/mol. The summed E-state index contributed by atoms with van der Waals surface area (Å²) in [6.07, 6.45) is 0. The minimum atomic E-state index is -1.25. The highest BCUT2D eigenvalue weighted by Gasteiger charge is 2.34. The standard InChI is InChI=1S/C15H7ClO4/c16-10-6-2-4-8-12(10)14(18)11-7(13(8)17)3-1-5-9(11)15(19)20/h1-6H,(H,19,20). The minimum Gasteiger partial charge on any atom is -0.478 e. The smallest absolute Gasteiger partial charge is 0.336 e. The largest absolute Gasteiger partial charge is 0.478 e. The van der Waals surface area contributed by atoms with Gasteiger partial charge in [0.2, 0.25) is 0 Å². The molecule has 20 heavy (non-hydrogen) atoms. The number of benzene rings is 2. The lowest BCUT2D eigenvalue weighted by atomic mass is 9.82. The molecule has 0 heterocycles. The van der Waals surface area contributed by atoms with Gasteiger partial charge in [0.25, 0.3) is 0 Å². The van der Waals surface area contributed by atoms with Crippen molar-refractivity contribution in [2.24, 2.45) is 0 Å². The van der Waals surface area contributed by atoms with E-state index in [-0.39, 0.29) is 38.6 Å². The van der Waals surface area contributed by atoms with E-state index >= 15 is 0 Å². The van der Waals surface area contributed by atoms with Gasteiger partial charge in [-0.25, -0.2) is 4.79 Å². The first-order valence-corrected chi connectivity index (χ1v) is 6.14. The van der Waals surface area contributed by atoms with Crippen molar-refractivity contribution in [2.75, 3.05) is 0 Å². The number of hydrogen-bond donors (Lipinski definition) is 1. The predicted octanol–water partition coefficient (Wildman–Crippen LogP) is 2.81. The van der Waals surface area contributed by atoms with Gasteiger partial charge in [0, 0.05) is 16.7 Å². The Morgan fingerprint density at radius 2 is 1.50 bits per heavy atom. The first-order chi connectivity index (χ1) is 9.52. The molecule has 1 aliphatic carbocycles. The number of carbonyl (C=O) groups is 3. The summed E-state index contributed by atoms with van der Waals surface area (Å²) in [5, 5.41) is 9.31. The van der Waals surface area contributed by atoms with Crippen molar-refractivity contribution in [3.8, 4) is 0 Å². The molecule has 0 fully saturated rings. The van der Waals surface area contributed by atoms with Crippen molar-refractivity contribution in [1.29, 1.82) is 0 Å². The Kier molecular flexibility index (Phi) is 2.69. The normalized spacial score (nSPS) is 12.8. The van der Waals surface area contributed by atoms with Crippen LogP contribution in [0.25, 0.3) is 0 Å². The zero-order valence-corrected chi connectivity index (χ0v) is 10.8. The van der Waals surface area contributed by atoms with E-state index in [1.165, 1.54) is 30.3 Å². The predicted molar refractivity (Wildman–Crippen MR) is 71.7 cm³/mol. The number of rotatable bonds is 1. The molecule has 0 atom stereocenters. The van der Waals surface area contributed by atoms with Crippen LogP contribution in [0.4, 0.5) is 0 Å². The molecule has 0 unspecified atom stereocenters. The maximum Gasteiger partial charge on any atom is 0.336 e. The maximum atomic E-state index is 12.5. The summed E-state index contributed by atoms with van der Waals surface area (Å²) in [6, 6.07) is 8.79. The lowest BCUT2D eigenvalue weighted by molar-refractivity contribution is 0.0692. The van der Waals surface area contributed by atoms with E-state index in [0.29, 0.717) is 0 Å². The van der Waals surface area contributed by atoms with Gasteiger partial charge in [-0.3, -0.25) is 9.59 Å². The second-order valence-electron chi connectivity index (χ2n) is 4.35. The molecule has 0 aromatic heterocycles. The van der Waals surface area contributed by atoms with Gasteiger partial charge in [0.15, 0.2) is 11.6 Å². The van der Waals surface area contributed by atoms with Crippen molar-refractivity contribution >= 4 is 29.1 Å². The first-order valence-electron chi connectivity index (χ1n) is 5.76. The number of halogens is 1. The van der Waals surface area contributed by atoms with Gasteiger partial charge in [0.05, 0.1) is 16.1 Å². The molecule has 2 aromatic rings. The van der Waals surface area contributed by atoms with Crippen LogP contribution in [0.5, 0.6) is 0 Å². The topological polar surface area (TPSA) is 71.4 Å². The Labute approximate surface area is 118 Å². The van der Waals surface area contributed by atoms with Crippen LogP contribution >= 0.6 is 11.6 Å². The van der Waals surface area contributed by atoms with Crippen molar-refractivity contribution < 1.29 is 19.5 Å². The summed E-state index contributed by atoms with van der Waals surface area (Å²) in [7, 11) is 0. The molecule has 1 aliphatic rings. The van der Waals surface area contributed by atoms with Gasteiger partial charge < -0.3 is 5.11 Å². The highest BCUT2D eigenvalue weighted by atomic mass is 35.5. The Hall–Kier alpha value is -2.46. The molecule has 98 valence electrons. The van der Waals surface area contributed by atoms with Crippen LogP contribution in [0.1, 0.15) is 42.2 Å². The fourth-order valence-corrected chi connectivity index (χ4v) is 2.64. The third-order valence-corrected chi connectivity index (χ3v) is 3.57. The van der Waals surface area contributed by atoms with Gasteiger partial charge in [-0.1, -0.05) is 35.9 Å². The highest BCUT2D eigenvalue weighted by Crippen LogP contribution is 2.33. The van der Waals surface area contributed by atoms with E-state index in [1.807, 2.05) is 0 Å². The molecular formula is C15H7ClO4. The van der Waals surface area contributed by atoms with Crippen molar-refractivity contribution in [3.63, 3.8) is 0 Å². The third-order valence-electron chi connectivity index (χ3n) is 3.25. The Morgan fingerprint density at radius 1 is 0.900 bits per heavy atom. The highest BCUT2D eigenvalue weighted by molar-refractivity contribution is 6.39. The summed E-state index contributed by atoms with van der Waals surface area (Å²) in [4.78, 5) is 36.1. The van der Waals surface area contributed by atoms with Gasteiger partial charge in [0.1, 0.15) is 0 Å². The van der Waals surface area contributed by atoms with Crippen LogP contribution < -0.4 is 0 Å². The molecule has 4 nitrogen and oxygen atoms in total. The van der Waals surface area contributed by atoms with Crippen LogP contribution in [-0.4, -0.2) is 22.6 Å². The first kappa shape index (κ1) is 12.6. The summed E-state index contributed by atoms with van der Waals surface area (Å²) >= 11 is 5.98. The fourth-order valence-electron chi connectivity index (χ4n) is 2.38. The maximum absolute atomic E-state index is 12.5. The van der Waals surface area contributed by atoms with Gasteiger partial charge in [-0.2, -0.15) is 0 Å². The number of carboxylic acids is 1. The molecule has 0 aliphatic heterocycles. The average Bonchev–Trinajstić information content (AvgIpc) is 2.43. The second-order valence-corrected chi connectivity index (χ2v) is 4.76. The Morgan fingerprint density at radius 3 is 2.15 bits per heavy atom. The van der Waals surface area contributed by atoms with E-state index in [2.05, 4.69) is 0 Å². The van der Waals surface area contributed by atoms with Gasteiger partial charge >= 0.3 is 5.97 Å². The number of ketones is 2. The quantitative estimate of drug-likeness (QED) is 0.746. The van der Waals surface area contributed by atoms with E-state index in [4.69, 9.17) is 16.7 Å². The Bertz CT molecular complexity index is 792. The van der Waals surface area contributed by atoms with Crippen molar-refractivity contribution in [1.82, 2.24) is 0 Å². The molecule has 0 bridgehead atoms. The molecule has 0 amide bonds. The zero-order valence-electron chi connectivity index (χ0n) is 10.0. The monoisotopic (exact) mass is 286 g/mol. The van der Waals surface area contributed by atoms with Crippen LogP contribution in [0, 0.1) is 0 Å². The van der Waals surface area contributed by atoms with Gasteiger partial charge in [-0.05, 0) is 12.1 Å². The zero-order chi connectivity index (χ0) is 14.4. The molecule has 5 heteroatoms.